The highest BCUT2D eigenvalue weighted by molar-refractivity contribution is 5.61. The number of hydrogen-bond acceptors (Lipinski definition) is 4. The summed E-state index contributed by atoms with van der Waals surface area (Å²) in [6.45, 7) is 2.31. The van der Waals surface area contributed by atoms with Crippen LogP contribution in [0.5, 0.6) is 11.5 Å². The minimum Gasteiger partial charge on any atom is -0.497 e. The molecule has 1 atom stereocenters. The van der Waals surface area contributed by atoms with Gasteiger partial charge < -0.3 is 19.5 Å². The Morgan fingerprint density at radius 3 is 2.84 bits per heavy atom. The van der Waals surface area contributed by atoms with Crippen LogP contribution in [0.2, 0.25) is 0 Å². The molecule has 1 fully saturated rings. The second kappa shape index (κ2) is 6.66. The Kier molecular flexibility index (Phi) is 4.91. The molecule has 0 spiro atoms. The maximum Gasteiger partial charge on any atom is 0.145 e. The van der Waals surface area contributed by atoms with Gasteiger partial charge in [-0.15, -0.1) is 0 Å². The van der Waals surface area contributed by atoms with Crippen molar-refractivity contribution in [2.45, 2.75) is 19.3 Å². The molecule has 1 saturated heterocycles. The standard InChI is InChI=1S/C15H23NO3/c1-18-13-5-6-14(15(10-13)19-2)16-8-3-4-12(11-16)7-9-17/h5-6,10,12,17H,3-4,7-9,11H2,1-2H3. The molecule has 0 saturated carbocycles. The SMILES string of the molecule is COc1ccc(N2CCCC(CCO)C2)c(OC)c1. The molecule has 2 rings (SSSR count). The molecule has 0 aliphatic carbocycles. The molecule has 1 aliphatic rings. The van der Waals surface area contributed by atoms with Crippen molar-refractivity contribution in [3.63, 3.8) is 0 Å². The quantitative estimate of drug-likeness (QED) is 0.887. The predicted octanol–water partition coefficient (Wildman–Crippen LogP) is 2.30. The summed E-state index contributed by atoms with van der Waals surface area (Å²) in [5, 5.41) is 9.08. The average Bonchev–Trinajstić information content (AvgIpc) is 2.47. The summed E-state index contributed by atoms with van der Waals surface area (Å²) in [7, 11) is 3.35. The van der Waals surface area contributed by atoms with Gasteiger partial charge in [-0.05, 0) is 37.3 Å². The molecule has 1 unspecified atom stereocenters. The molecule has 0 radical (unpaired) electrons. The number of piperidine rings is 1. The lowest BCUT2D eigenvalue weighted by molar-refractivity contribution is 0.244. The van der Waals surface area contributed by atoms with Gasteiger partial charge in [-0.2, -0.15) is 0 Å². The zero-order valence-corrected chi connectivity index (χ0v) is 11.8. The van der Waals surface area contributed by atoms with Crippen LogP contribution in [0.4, 0.5) is 5.69 Å². The molecule has 1 aliphatic heterocycles. The van der Waals surface area contributed by atoms with Crippen molar-refractivity contribution in [1.82, 2.24) is 0 Å². The summed E-state index contributed by atoms with van der Waals surface area (Å²) in [5.41, 5.74) is 1.12. The van der Waals surface area contributed by atoms with Gasteiger partial charge in [-0.25, -0.2) is 0 Å². The maximum atomic E-state index is 9.08. The van der Waals surface area contributed by atoms with Crippen molar-refractivity contribution in [2.24, 2.45) is 5.92 Å². The molecule has 106 valence electrons. The first kappa shape index (κ1) is 14.0. The Bertz CT molecular complexity index is 406. The van der Waals surface area contributed by atoms with Gasteiger partial charge in [0, 0.05) is 25.8 Å². The molecule has 1 N–H and O–H groups in total. The van der Waals surface area contributed by atoms with E-state index in [0.717, 1.165) is 36.7 Å². The van der Waals surface area contributed by atoms with E-state index in [1.165, 1.54) is 12.8 Å². The Morgan fingerprint density at radius 2 is 2.16 bits per heavy atom. The van der Waals surface area contributed by atoms with E-state index in [1.54, 1.807) is 14.2 Å². The lowest BCUT2D eigenvalue weighted by atomic mass is 9.94. The molecular weight excluding hydrogens is 242 g/mol. The number of hydrogen-bond donors (Lipinski definition) is 1. The summed E-state index contributed by atoms with van der Waals surface area (Å²) in [6.07, 6.45) is 3.25. The summed E-state index contributed by atoms with van der Waals surface area (Å²) in [4.78, 5) is 2.35. The van der Waals surface area contributed by atoms with E-state index in [0.29, 0.717) is 5.92 Å². The molecule has 4 nitrogen and oxygen atoms in total. The first-order chi connectivity index (χ1) is 9.28. The van der Waals surface area contributed by atoms with Crippen LogP contribution in [-0.2, 0) is 0 Å². The van der Waals surface area contributed by atoms with Crippen LogP contribution in [0.1, 0.15) is 19.3 Å². The first-order valence-corrected chi connectivity index (χ1v) is 6.86. The van der Waals surface area contributed by atoms with E-state index in [9.17, 15) is 0 Å². The number of benzene rings is 1. The van der Waals surface area contributed by atoms with Gasteiger partial charge in [-0.1, -0.05) is 0 Å². The van der Waals surface area contributed by atoms with Gasteiger partial charge in [0.15, 0.2) is 0 Å². The van der Waals surface area contributed by atoms with E-state index in [-0.39, 0.29) is 6.61 Å². The van der Waals surface area contributed by atoms with Crippen LogP contribution < -0.4 is 14.4 Å². The van der Waals surface area contributed by atoms with Gasteiger partial charge in [0.2, 0.25) is 0 Å². The summed E-state index contributed by atoms with van der Waals surface area (Å²) < 4.78 is 10.7. The Balaban J connectivity index is 2.16. The highest BCUT2D eigenvalue weighted by atomic mass is 16.5. The number of rotatable bonds is 5. The summed E-state index contributed by atoms with van der Waals surface area (Å²) in [5.74, 6) is 2.24. The fourth-order valence-electron chi connectivity index (χ4n) is 2.75. The third kappa shape index (κ3) is 3.32. The smallest absolute Gasteiger partial charge is 0.145 e. The molecule has 0 aromatic heterocycles. The predicted molar refractivity (Wildman–Crippen MR) is 76.2 cm³/mol. The van der Waals surface area contributed by atoms with Crippen LogP contribution in [0.25, 0.3) is 0 Å². The van der Waals surface area contributed by atoms with Gasteiger partial charge in [-0.3, -0.25) is 0 Å². The summed E-state index contributed by atoms with van der Waals surface area (Å²) >= 11 is 0. The number of methoxy groups -OCH3 is 2. The number of nitrogens with zero attached hydrogens (tertiary/aromatic N) is 1. The third-order valence-corrected chi connectivity index (χ3v) is 3.78. The molecule has 1 heterocycles. The topological polar surface area (TPSA) is 41.9 Å². The van der Waals surface area contributed by atoms with Crippen molar-refractivity contribution in [1.29, 1.82) is 0 Å². The molecule has 1 aromatic carbocycles. The van der Waals surface area contributed by atoms with E-state index in [4.69, 9.17) is 14.6 Å². The maximum absolute atomic E-state index is 9.08. The largest absolute Gasteiger partial charge is 0.497 e. The normalized spacial score (nSPS) is 19.3. The molecule has 0 bridgehead atoms. The number of aliphatic hydroxyl groups excluding tert-OH is 1. The van der Waals surface area contributed by atoms with Gasteiger partial charge in [0.05, 0.1) is 19.9 Å². The highest BCUT2D eigenvalue weighted by Gasteiger charge is 2.22. The van der Waals surface area contributed by atoms with E-state index >= 15 is 0 Å². The van der Waals surface area contributed by atoms with Crippen LogP contribution in [0, 0.1) is 5.92 Å². The summed E-state index contributed by atoms with van der Waals surface area (Å²) in [6, 6.07) is 5.94. The highest BCUT2D eigenvalue weighted by Crippen LogP contribution is 2.35. The van der Waals surface area contributed by atoms with Gasteiger partial charge in [0.1, 0.15) is 11.5 Å². The van der Waals surface area contributed by atoms with Crippen molar-refractivity contribution in [2.75, 3.05) is 38.8 Å². The molecule has 19 heavy (non-hydrogen) atoms. The molecule has 4 heteroatoms. The average molecular weight is 265 g/mol. The Morgan fingerprint density at radius 1 is 1.32 bits per heavy atom. The van der Waals surface area contributed by atoms with Crippen LogP contribution in [0.3, 0.4) is 0 Å². The molecule has 0 amide bonds. The molecule has 1 aromatic rings. The minimum absolute atomic E-state index is 0.276. The fourth-order valence-corrected chi connectivity index (χ4v) is 2.75. The lowest BCUT2D eigenvalue weighted by Gasteiger charge is -2.35. The zero-order valence-electron chi connectivity index (χ0n) is 11.8. The van der Waals surface area contributed by atoms with E-state index in [2.05, 4.69) is 11.0 Å². The van der Waals surface area contributed by atoms with Crippen molar-refractivity contribution >= 4 is 5.69 Å². The second-order valence-corrected chi connectivity index (χ2v) is 5.00. The number of ether oxygens (including phenoxy) is 2. The van der Waals surface area contributed by atoms with Crippen LogP contribution in [0.15, 0.2) is 18.2 Å². The second-order valence-electron chi connectivity index (χ2n) is 5.00. The monoisotopic (exact) mass is 265 g/mol. The Hall–Kier alpha value is -1.42. The number of aliphatic hydroxyl groups is 1. The van der Waals surface area contributed by atoms with Crippen LogP contribution in [-0.4, -0.2) is 39.0 Å². The third-order valence-electron chi connectivity index (χ3n) is 3.78. The van der Waals surface area contributed by atoms with E-state index < -0.39 is 0 Å². The minimum atomic E-state index is 0.276. The van der Waals surface area contributed by atoms with Crippen molar-refractivity contribution < 1.29 is 14.6 Å². The Labute approximate surface area is 114 Å². The van der Waals surface area contributed by atoms with Crippen LogP contribution >= 0.6 is 0 Å². The zero-order chi connectivity index (χ0) is 13.7. The number of anilines is 1. The lowest BCUT2D eigenvalue weighted by Crippen LogP contribution is -2.35. The van der Waals surface area contributed by atoms with Crippen molar-refractivity contribution in [3.8, 4) is 11.5 Å². The van der Waals surface area contributed by atoms with Gasteiger partial charge >= 0.3 is 0 Å². The molecular formula is C15H23NO3. The van der Waals surface area contributed by atoms with E-state index in [1.807, 2.05) is 12.1 Å². The fraction of sp³-hybridized carbons (Fsp3) is 0.600. The first-order valence-electron chi connectivity index (χ1n) is 6.86. The van der Waals surface area contributed by atoms with Crippen molar-refractivity contribution in [3.05, 3.63) is 18.2 Å². The van der Waals surface area contributed by atoms with Gasteiger partial charge in [0.25, 0.3) is 0 Å².